The van der Waals surface area contributed by atoms with Gasteiger partial charge in [-0.25, -0.2) is 9.97 Å². The Balaban J connectivity index is 1.36. The smallest absolute Gasteiger partial charge is 0.235 e. The van der Waals surface area contributed by atoms with E-state index >= 15 is 0 Å². The lowest BCUT2D eigenvalue weighted by molar-refractivity contribution is 1.01. The van der Waals surface area contributed by atoms with E-state index in [4.69, 9.17) is 9.97 Å². The van der Waals surface area contributed by atoms with Crippen molar-refractivity contribution in [3.05, 3.63) is 152 Å². The summed E-state index contributed by atoms with van der Waals surface area (Å²) in [5.74, 6) is 0.676. The zero-order valence-corrected chi connectivity index (χ0v) is 24.3. The van der Waals surface area contributed by atoms with Crippen molar-refractivity contribution in [1.29, 1.82) is 0 Å². The Morgan fingerprint density at radius 1 is 0.333 bits per heavy atom. The SMILES string of the molecule is c1ccc(-c2nc(-n3c4ccccc4c4c5ccc6c7ccccc7c7ccccc7c6c5ccc43)nc3ccccc23)cc1. The molecular weight excluding hydrogens is 546 g/mol. The fourth-order valence-electron chi connectivity index (χ4n) is 7.47. The molecule has 0 fully saturated rings. The van der Waals surface area contributed by atoms with Crippen LogP contribution in [0.3, 0.4) is 0 Å². The lowest BCUT2D eigenvalue weighted by atomic mass is 9.90. The maximum atomic E-state index is 5.27. The van der Waals surface area contributed by atoms with E-state index in [-0.39, 0.29) is 0 Å². The predicted molar refractivity (Wildman–Crippen MR) is 189 cm³/mol. The van der Waals surface area contributed by atoms with Gasteiger partial charge < -0.3 is 0 Å². The molecule has 0 radical (unpaired) electrons. The number of hydrogen-bond acceptors (Lipinski definition) is 2. The predicted octanol–water partition coefficient (Wildman–Crippen LogP) is 11.0. The van der Waals surface area contributed by atoms with Gasteiger partial charge in [-0.3, -0.25) is 4.57 Å². The number of para-hydroxylation sites is 2. The molecule has 8 aromatic carbocycles. The Bertz CT molecular complexity index is 2780. The highest BCUT2D eigenvalue weighted by molar-refractivity contribution is 6.34. The van der Waals surface area contributed by atoms with Crippen LogP contribution < -0.4 is 0 Å². The minimum absolute atomic E-state index is 0.676. The molecule has 0 amide bonds. The first-order valence-corrected chi connectivity index (χ1v) is 15.4. The Kier molecular flexibility index (Phi) is 5.00. The van der Waals surface area contributed by atoms with Crippen LogP contribution in [0, 0.1) is 0 Å². The molecule has 0 unspecified atom stereocenters. The molecule has 3 nitrogen and oxygen atoms in total. The number of rotatable bonds is 2. The average Bonchev–Trinajstić information content (AvgIpc) is 3.46. The molecule has 0 N–H and O–H groups in total. The topological polar surface area (TPSA) is 30.7 Å². The van der Waals surface area contributed by atoms with Crippen LogP contribution in [-0.2, 0) is 0 Å². The van der Waals surface area contributed by atoms with Crippen LogP contribution in [0.15, 0.2) is 152 Å². The summed E-state index contributed by atoms with van der Waals surface area (Å²) in [6.45, 7) is 0. The summed E-state index contributed by atoms with van der Waals surface area (Å²) >= 11 is 0. The van der Waals surface area contributed by atoms with E-state index in [1.54, 1.807) is 0 Å². The fraction of sp³-hybridized carbons (Fsp3) is 0. The molecule has 0 spiro atoms. The van der Waals surface area contributed by atoms with Gasteiger partial charge in [0, 0.05) is 21.7 Å². The van der Waals surface area contributed by atoms with Crippen LogP contribution in [0.4, 0.5) is 0 Å². The standard InChI is InChI=1S/C42H25N3/c1-2-12-26(13-3-1)41-34-18-8-10-20-36(34)43-42(44-41)45-37-21-11-9-19-35(37)40-33-23-22-31-29-16-5-4-14-27(29)28-15-6-7-17-30(28)39(31)32(33)24-25-38(40)45/h1-25H. The lowest BCUT2D eigenvalue weighted by Gasteiger charge is -2.14. The van der Waals surface area contributed by atoms with Crippen LogP contribution >= 0.6 is 0 Å². The summed E-state index contributed by atoms with van der Waals surface area (Å²) in [7, 11) is 0. The second-order valence-electron chi connectivity index (χ2n) is 11.7. The first-order valence-electron chi connectivity index (χ1n) is 15.4. The van der Waals surface area contributed by atoms with Crippen molar-refractivity contribution in [2.45, 2.75) is 0 Å². The largest absolute Gasteiger partial charge is 0.278 e. The van der Waals surface area contributed by atoms with Crippen molar-refractivity contribution in [3.8, 4) is 17.2 Å². The number of nitrogens with zero attached hydrogens (tertiary/aromatic N) is 3. The van der Waals surface area contributed by atoms with Gasteiger partial charge in [0.05, 0.1) is 22.2 Å². The molecule has 0 atom stereocenters. The molecule has 45 heavy (non-hydrogen) atoms. The molecule has 0 aliphatic carbocycles. The van der Waals surface area contributed by atoms with Gasteiger partial charge in [0.1, 0.15) is 0 Å². The molecular formula is C42H25N3. The Morgan fingerprint density at radius 2 is 0.844 bits per heavy atom. The second kappa shape index (κ2) is 9.22. The van der Waals surface area contributed by atoms with Gasteiger partial charge in [-0.15, -0.1) is 0 Å². The minimum atomic E-state index is 0.676. The maximum Gasteiger partial charge on any atom is 0.235 e. The normalized spacial score (nSPS) is 12.0. The number of benzene rings is 8. The van der Waals surface area contributed by atoms with E-state index in [1.165, 1.54) is 53.9 Å². The zero-order chi connectivity index (χ0) is 29.5. The summed E-state index contributed by atoms with van der Waals surface area (Å²) in [6.07, 6.45) is 0. The van der Waals surface area contributed by atoms with Crippen molar-refractivity contribution in [1.82, 2.24) is 14.5 Å². The van der Waals surface area contributed by atoms with E-state index in [9.17, 15) is 0 Å². The molecule has 0 saturated heterocycles. The minimum Gasteiger partial charge on any atom is -0.278 e. The van der Waals surface area contributed by atoms with Crippen molar-refractivity contribution >= 4 is 75.8 Å². The van der Waals surface area contributed by atoms with Crippen LogP contribution in [0.2, 0.25) is 0 Å². The second-order valence-corrected chi connectivity index (χ2v) is 11.7. The van der Waals surface area contributed by atoms with Crippen molar-refractivity contribution in [2.24, 2.45) is 0 Å². The highest BCUT2D eigenvalue weighted by Crippen LogP contribution is 2.43. The van der Waals surface area contributed by atoms with Crippen LogP contribution in [0.1, 0.15) is 0 Å². The average molecular weight is 572 g/mol. The van der Waals surface area contributed by atoms with Crippen LogP contribution in [0.25, 0.3) is 93.0 Å². The summed E-state index contributed by atoms with van der Waals surface area (Å²) in [4.78, 5) is 10.4. The van der Waals surface area contributed by atoms with E-state index in [2.05, 4.69) is 144 Å². The van der Waals surface area contributed by atoms with Crippen LogP contribution in [-0.4, -0.2) is 14.5 Å². The van der Waals surface area contributed by atoms with E-state index in [0.29, 0.717) is 5.95 Å². The van der Waals surface area contributed by atoms with Crippen molar-refractivity contribution in [3.63, 3.8) is 0 Å². The van der Waals surface area contributed by atoms with Gasteiger partial charge in [-0.1, -0.05) is 133 Å². The zero-order valence-electron chi connectivity index (χ0n) is 24.3. The highest BCUT2D eigenvalue weighted by atomic mass is 15.2. The quantitative estimate of drug-likeness (QED) is 0.193. The Labute approximate surface area is 258 Å². The molecule has 3 heteroatoms. The lowest BCUT2D eigenvalue weighted by Crippen LogP contribution is -2.03. The molecule has 2 aromatic heterocycles. The third-order valence-electron chi connectivity index (χ3n) is 9.38. The van der Waals surface area contributed by atoms with Crippen molar-refractivity contribution < 1.29 is 0 Å². The summed E-state index contributed by atoms with van der Waals surface area (Å²) < 4.78 is 2.24. The molecule has 208 valence electrons. The van der Waals surface area contributed by atoms with E-state index in [0.717, 1.165) is 33.2 Å². The monoisotopic (exact) mass is 571 g/mol. The molecule has 0 aliphatic heterocycles. The summed E-state index contributed by atoms with van der Waals surface area (Å²) in [5, 5.41) is 13.7. The molecule has 0 saturated carbocycles. The number of fused-ring (bicyclic) bond motifs is 13. The van der Waals surface area contributed by atoms with E-state index in [1.807, 2.05) is 12.1 Å². The summed E-state index contributed by atoms with van der Waals surface area (Å²) in [5.41, 5.74) is 5.14. The maximum absolute atomic E-state index is 5.27. The molecule has 0 bridgehead atoms. The number of aromatic nitrogens is 3. The fourth-order valence-corrected chi connectivity index (χ4v) is 7.47. The summed E-state index contributed by atoms with van der Waals surface area (Å²) in [6, 6.07) is 54.2. The third-order valence-corrected chi connectivity index (χ3v) is 9.38. The molecule has 10 aromatic rings. The van der Waals surface area contributed by atoms with Gasteiger partial charge in [-0.2, -0.15) is 0 Å². The molecule has 2 heterocycles. The van der Waals surface area contributed by atoms with Gasteiger partial charge in [0.25, 0.3) is 0 Å². The Morgan fingerprint density at radius 3 is 1.60 bits per heavy atom. The van der Waals surface area contributed by atoms with Gasteiger partial charge in [0.2, 0.25) is 5.95 Å². The molecule has 10 rings (SSSR count). The van der Waals surface area contributed by atoms with E-state index < -0.39 is 0 Å². The number of hydrogen-bond donors (Lipinski definition) is 0. The highest BCUT2D eigenvalue weighted by Gasteiger charge is 2.20. The van der Waals surface area contributed by atoms with Gasteiger partial charge in [-0.05, 0) is 61.3 Å². The van der Waals surface area contributed by atoms with Crippen LogP contribution in [0.5, 0.6) is 0 Å². The van der Waals surface area contributed by atoms with Gasteiger partial charge in [0.15, 0.2) is 0 Å². The molecule has 0 aliphatic rings. The van der Waals surface area contributed by atoms with Gasteiger partial charge >= 0.3 is 0 Å². The Hall–Kier alpha value is -6.06. The first kappa shape index (κ1) is 24.4. The third kappa shape index (κ3) is 3.41. The van der Waals surface area contributed by atoms with Crippen molar-refractivity contribution in [2.75, 3.05) is 0 Å². The first-order chi connectivity index (χ1) is 22.3.